The van der Waals surface area contributed by atoms with Crippen molar-refractivity contribution in [2.45, 2.75) is 38.4 Å². The van der Waals surface area contributed by atoms with E-state index in [1.54, 1.807) is 6.92 Å². The molecule has 2 unspecified atom stereocenters. The number of halogens is 1. The Hall–Kier alpha value is -0.800. The summed E-state index contributed by atoms with van der Waals surface area (Å²) in [5.74, 6) is 0. The van der Waals surface area contributed by atoms with Crippen molar-refractivity contribution in [1.29, 1.82) is 0 Å². The molecule has 0 saturated carbocycles. The molecule has 2 atom stereocenters. The molecule has 2 N–H and O–H groups in total. The third kappa shape index (κ3) is 1.68. The van der Waals surface area contributed by atoms with Crippen LogP contribution in [0.4, 0.5) is 9.18 Å². The zero-order chi connectivity index (χ0) is 9.14. The lowest BCUT2D eigenvalue weighted by Crippen LogP contribution is -2.43. The summed E-state index contributed by atoms with van der Waals surface area (Å²) in [7, 11) is 0. The summed E-state index contributed by atoms with van der Waals surface area (Å²) < 4.78 is 13.2. The lowest BCUT2D eigenvalue weighted by atomic mass is 10.1. The highest BCUT2D eigenvalue weighted by Crippen LogP contribution is 2.23. The molecule has 1 saturated heterocycles. The maximum atomic E-state index is 13.2. The Morgan fingerprint density at radius 2 is 2.50 bits per heavy atom. The van der Waals surface area contributed by atoms with E-state index in [4.69, 9.17) is 5.73 Å². The number of hydrogen-bond donors (Lipinski definition) is 1. The van der Waals surface area contributed by atoms with Crippen LogP contribution in [-0.4, -0.2) is 29.7 Å². The second-order valence-electron chi connectivity index (χ2n) is 3.17. The Morgan fingerprint density at radius 3 is 3.00 bits per heavy atom. The van der Waals surface area contributed by atoms with Crippen LogP contribution in [0.2, 0.25) is 0 Å². The maximum Gasteiger partial charge on any atom is 0.315 e. The largest absolute Gasteiger partial charge is 0.351 e. The molecule has 1 heterocycles. The highest BCUT2D eigenvalue weighted by Gasteiger charge is 2.32. The average molecular weight is 174 g/mol. The third-order valence-corrected chi connectivity index (χ3v) is 2.39. The Bertz CT molecular complexity index is 174. The van der Waals surface area contributed by atoms with E-state index >= 15 is 0 Å². The maximum absolute atomic E-state index is 13.2. The highest BCUT2D eigenvalue weighted by atomic mass is 19.1. The van der Waals surface area contributed by atoms with E-state index in [0.717, 1.165) is 12.8 Å². The van der Waals surface area contributed by atoms with Gasteiger partial charge in [-0.05, 0) is 19.3 Å². The monoisotopic (exact) mass is 174 g/mol. The first-order chi connectivity index (χ1) is 5.66. The van der Waals surface area contributed by atoms with E-state index < -0.39 is 12.2 Å². The van der Waals surface area contributed by atoms with Gasteiger partial charge >= 0.3 is 6.03 Å². The van der Waals surface area contributed by atoms with Crippen molar-refractivity contribution in [1.82, 2.24) is 4.90 Å². The summed E-state index contributed by atoms with van der Waals surface area (Å²) in [5, 5.41) is 0. The van der Waals surface area contributed by atoms with Gasteiger partial charge in [-0.3, -0.25) is 0 Å². The van der Waals surface area contributed by atoms with E-state index in [0.29, 0.717) is 13.0 Å². The lowest BCUT2D eigenvalue weighted by Gasteiger charge is -2.24. The number of carbonyl (C=O) groups is 1. The smallest absolute Gasteiger partial charge is 0.315 e. The highest BCUT2D eigenvalue weighted by molar-refractivity contribution is 5.72. The normalized spacial score (nSPS) is 25.8. The Kier molecular flexibility index (Phi) is 2.89. The van der Waals surface area contributed by atoms with Crippen LogP contribution in [0.1, 0.15) is 26.2 Å². The summed E-state index contributed by atoms with van der Waals surface area (Å²) in [4.78, 5) is 12.3. The van der Waals surface area contributed by atoms with Crippen LogP contribution in [0.5, 0.6) is 0 Å². The quantitative estimate of drug-likeness (QED) is 0.673. The molecule has 1 fully saturated rings. The molecule has 0 aromatic heterocycles. The molecular formula is C8H15FN2O. The van der Waals surface area contributed by atoms with Gasteiger partial charge in [-0.25, -0.2) is 9.18 Å². The standard InChI is InChI=1S/C8H15FN2O/c1-2-6(9)7-4-3-5-11(7)8(10)12/h6-7H,2-5H2,1H3,(H2,10,12). The molecule has 70 valence electrons. The molecule has 2 amide bonds. The molecule has 4 heteroatoms. The van der Waals surface area contributed by atoms with Crippen molar-refractivity contribution >= 4 is 6.03 Å². The number of urea groups is 1. The molecule has 0 aromatic carbocycles. The molecule has 1 rings (SSSR count). The number of hydrogen-bond acceptors (Lipinski definition) is 1. The number of likely N-dealkylation sites (tertiary alicyclic amines) is 1. The van der Waals surface area contributed by atoms with Gasteiger partial charge in [0.05, 0.1) is 6.04 Å². The second kappa shape index (κ2) is 3.74. The molecule has 0 radical (unpaired) electrons. The third-order valence-electron chi connectivity index (χ3n) is 2.39. The summed E-state index contributed by atoms with van der Waals surface area (Å²) in [6, 6.07) is -0.763. The van der Waals surface area contributed by atoms with Gasteiger partial charge in [0.15, 0.2) is 0 Å². The fourth-order valence-electron chi connectivity index (χ4n) is 1.71. The van der Waals surface area contributed by atoms with Gasteiger partial charge in [0, 0.05) is 6.54 Å². The number of nitrogens with two attached hydrogens (primary N) is 1. The fraction of sp³-hybridized carbons (Fsp3) is 0.875. The van der Waals surface area contributed by atoms with E-state index in [-0.39, 0.29) is 6.04 Å². The van der Waals surface area contributed by atoms with Crippen LogP contribution < -0.4 is 5.73 Å². The Labute approximate surface area is 71.7 Å². The molecule has 0 bridgehead atoms. The van der Waals surface area contributed by atoms with Crippen LogP contribution >= 0.6 is 0 Å². The molecule has 0 aliphatic carbocycles. The van der Waals surface area contributed by atoms with Gasteiger partial charge in [-0.1, -0.05) is 6.92 Å². The fourth-order valence-corrected chi connectivity index (χ4v) is 1.71. The molecule has 12 heavy (non-hydrogen) atoms. The van der Waals surface area contributed by atoms with Crippen molar-refractivity contribution in [2.75, 3.05) is 6.54 Å². The van der Waals surface area contributed by atoms with Gasteiger partial charge in [-0.15, -0.1) is 0 Å². The zero-order valence-corrected chi connectivity index (χ0v) is 7.29. The summed E-state index contributed by atoms with van der Waals surface area (Å²) in [6.07, 6.45) is 1.15. The number of rotatable bonds is 2. The topological polar surface area (TPSA) is 46.3 Å². The van der Waals surface area contributed by atoms with E-state index in [9.17, 15) is 9.18 Å². The molecule has 1 aliphatic rings. The summed E-state index contributed by atoms with van der Waals surface area (Å²) in [6.45, 7) is 2.39. The van der Waals surface area contributed by atoms with Crippen molar-refractivity contribution in [3.8, 4) is 0 Å². The number of amides is 2. The number of alkyl halides is 1. The van der Waals surface area contributed by atoms with Crippen LogP contribution in [0.3, 0.4) is 0 Å². The minimum Gasteiger partial charge on any atom is -0.351 e. The Balaban J connectivity index is 2.57. The van der Waals surface area contributed by atoms with Crippen LogP contribution in [0.15, 0.2) is 0 Å². The van der Waals surface area contributed by atoms with Crippen molar-refractivity contribution in [2.24, 2.45) is 5.73 Å². The first-order valence-corrected chi connectivity index (χ1v) is 4.37. The number of nitrogens with zero attached hydrogens (tertiary/aromatic N) is 1. The van der Waals surface area contributed by atoms with Crippen LogP contribution in [0.25, 0.3) is 0 Å². The van der Waals surface area contributed by atoms with E-state index in [2.05, 4.69) is 0 Å². The number of carbonyl (C=O) groups excluding carboxylic acids is 1. The van der Waals surface area contributed by atoms with Gasteiger partial charge in [0.1, 0.15) is 6.17 Å². The SMILES string of the molecule is CCC(F)C1CCCN1C(N)=O. The van der Waals surface area contributed by atoms with Gasteiger partial charge in [-0.2, -0.15) is 0 Å². The van der Waals surface area contributed by atoms with Crippen molar-refractivity contribution in [3.05, 3.63) is 0 Å². The molecule has 3 nitrogen and oxygen atoms in total. The predicted octanol–water partition coefficient (Wildman–Crippen LogP) is 1.28. The van der Waals surface area contributed by atoms with E-state index in [1.807, 2.05) is 0 Å². The molecular weight excluding hydrogens is 159 g/mol. The van der Waals surface area contributed by atoms with Crippen LogP contribution in [-0.2, 0) is 0 Å². The lowest BCUT2D eigenvalue weighted by molar-refractivity contribution is 0.154. The van der Waals surface area contributed by atoms with Crippen LogP contribution in [0, 0.1) is 0 Å². The van der Waals surface area contributed by atoms with Crippen molar-refractivity contribution in [3.63, 3.8) is 0 Å². The zero-order valence-electron chi connectivity index (χ0n) is 7.29. The minimum absolute atomic E-state index is 0.271. The predicted molar refractivity (Wildman–Crippen MR) is 44.5 cm³/mol. The Morgan fingerprint density at radius 1 is 1.83 bits per heavy atom. The average Bonchev–Trinajstić information content (AvgIpc) is 2.50. The first-order valence-electron chi connectivity index (χ1n) is 4.37. The summed E-state index contributed by atoms with van der Waals surface area (Å²) >= 11 is 0. The van der Waals surface area contributed by atoms with Gasteiger partial charge in [0.25, 0.3) is 0 Å². The van der Waals surface area contributed by atoms with Crippen molar-refractivity contribution < 1.29 is 9.18 Å². The summed E-state index contributed by atoms with van der Waals surface area (Å²) in [5.41, 5.74) is 5.10. The van der Waals surface area contributed by atoms with Gasteiger partial charge in [0.2, 0.25) is 0 Å². The molecule has 0 aromatic rings. The minimum atomic E-state index is -0.917. The second-order valence-corrected chi connectivity index (χ2v) is 3.17. The van der Waals surface area contributed by atoms with Gasteiger partial charge < -0.3 is 10.6 Å². The van der Waals surface area contributed by atoms with E-state index in [1.165, 1.54) is 4.90 Å². The first kappa shape index (κ1) is 9.29. The number of primary amides is 1. The molecule has 1 aliphatic heterocycles. The molecule has 0 spiro atoms.